The minimum atomic E-state index is -1.50. The maximum atomic E-state index is 13.6. The van der Waals surface area contributed by atoms with Crippen molar-refractivity contribution < 1.29 is 13.2 Å². The summed E-state index contributed by atoms with van der Waals surface area (Å²) in [4.78, 5) is 11.8. The lowest BCUT2D eigenvalue weighted by Crippen LogP contribution is -2.05. The second-order valence-corrected chi connectivity index (χ2v) is 4.14. The standard InChI is InChI=1S/C12H8F3N5/c13-7-2-1-6(8(14)9(7)15)3-20-5-19-10-11(16)17-4-18-12(10)20/h1-2,4-5H,3H2,(H2,16,17,18). The molecule has 0 unspecified atom stereocenters. The lowest BCUT2D eigenvalue weighted by molar-refractivity contribution is 0.439. The molecule has 0 saturated carbocycles. The van der Waals surface area contributed by atoms with E-state index in [-0.39, 0.29) is 17.9 Å². The van der Waals surface area contributed by atoms with E-state index in [1.54, 1.807) is 0 Å². The third-order valence-corrected chi connectivity index (χ3v) is 2.89. The van der Waals surface area contributed by atoms with E-state index in [1.807, 2.05) is 0 Å². The first kappa shape index (κ1) is 12.4. The van der Waals surface area contributed by atoms with Crippen LogP contribution in [-0.4, -0.2) is 19.5 Å². The highest BCUT2D eigenvalue weighted by Gasteiger charge is 2.15. The highest BCUT2D eigenvalue weighted by molar-refractivity contribution is 5.81. The van der Waals surface area contributed by atoms with Gasteiger partial charge in [0.05, 0.1) is 12.9 Å². The van der Waals surface area contributed by atoms with Gasteiger partial charge in [-0.05, 0) is 6.07 Å². The molecule has 2 heterocycles. The quantitative estimate of drug-likeness (QED) is 0.727. The van der Waals surface area contributed by atoms with Crippen molar-refractivity contribution in [2.75, 3.05) is 5.73 Å². The van der Waals surface area contributed by atoms with Crippen molar-refractivity contribution in [2.45, 2.75) is 6.54 Å². The number of halogens is 3. The summed E-state index contributed by atoms with van der Waals surface area (Å²) in [6, 6.07) is 2.04. The Morgan fingerprint density at radius 3 is 2.65 bits per heavy atom. The molecule has 3 rings (SSSR count). The van der Waals surface area contributed by atoms with E-state index in [2.05, 4.69) is 15.0 Å². The van der Waals surface area contributed by atoms with E-state index in [1.165, 1.54) is 23.3 Å². The molecular formula is C12H8F3N5. The van der Waals surface area contributed by atoms with Crippen molar-refractivity contribution in [2.24, 2.45) is 0 Å². The third-order valence-electron chi connectivity index (χ3n) is 2.89. The van der Waals surface area contributed by atoms with Crippen LogP contribution < -0.4 is 5.73 Å². The summed E-state index contributed by atoms with van der Waals surface area (Å²) in [6.07, 6.45) is 2.63. The number of nitrogens with two attached hydrogens (primary N) is 1. The Balaban J connectivity index is 2.06. The minimum Gasteiger partial charge on any atom is -0.382 e. The topological polar surface area (TPSA) is 69.6 Å². The molecule has 5 nitrogen and oxygen atoms in total. The Morgan fingerprint density at radius 1 is 1.05 bits per heavy atom. The normalized spacial score (nSPS) is 11.2. The van der Waals surface area contributed by atoms with Crippen molar-refractivity contribution >= 4 is 17.0 Å². The van der Waals surface area contributed by atoms with Gasteiger partial charge in [-0.1, -0.05) is 6.07 Å². The molecule has 0 atom stereocenters. The monoisotopic (exact) mass is 279 g/mol. The van der Waals surface area contributed by atoms with E-state index in [9.17, 15) is 13.2 Å². The van der Waals surface area contributed by atoms with E-state index in [0.717, 1.165) is 6.07 Å². The Morgan fingerprint density at radius 2 is 1.85 bits per heavy atom. The Kier molecular flexibility index (Phi) is 2.78. The summed E-state index contributed by atoms with van der Waals surface area (Å²) in [5.74, 6) is -3.76. The van der Waals surface area contributed by atoms with Crippen LogP contribution in [0.3, 0.4) is 0 Å². The van der Waals surface area contributed by atoms with Crippen LogP contribution >= 0.6 is 0 Å². The number of nitrogens with zero attached hydrogens (tertiary/aromatic N) is 4. The number of hydrogen-bond acceptors (Lipinski definition) is 4. The summed E-state index contributed by atoms with van der Waals surface area (Å²) < 4.78 is 41.2. The number of rotatable bonds is 2. The van der Waals surface area contributed by atoms with Crippen molar-refractivity contribution in [3.05, 3.63) is 47.8 Å². The van der Waals surface area contributed by atoms with Crippen LogP contribution in [0, 0.1) is 17.5 Å². The lowest BCUT2D eigenvalue weighted by Gasteiger charge is -2.06. The molecule has 0 spiro atoms. The fraction of sp³-hybridized carbons (Fsp3) is 0.0833. The molecule has 1 aromatic carbocycles. The zero-order valence-corrected chi connectivity index (χ0v) is 10.0. The maximum Gasteiger partial charge on any atom is 0.194 e. The van der Waals surface area contributed by atoms with Gasteiger partial charge in [-0.25, -0.2) is 28.1 Å². The minimum absolute atomic E-state index is 0.0135. The molecule has 20 heavy (non-hydrogen) atoms. The maximum absolute atomic E-state index is 13.6. The predicted molar refractivity (Wildman–Crippen MR) is 65.2 cm³/mol. The smallest absolute Gasteiger partial charge is 0.194 e. The molecule has 0 fully saturated rings. The fourth-order valence-electron chi connectivity index (χ4n) is 1.89. The van der Waals surface area contributed by atoms with Crippen LogP contribution in [0.1, 0.15) is 5.56 Å². The first-order valence-corrected chi connectivity index (χ1v) is 5.61. The van der Waals surface area contributed by atoms with Crippen LogP contribution in [0.4, 0.5) is 19.0 Å². The number of hydrogen-bond donors (Lipinski definition) is 1. The van der Waals surface area contributed by atoms with E-state index >= 15 is 0 Å². The molecule has 0 bridgehead atoms. The molecule has 8 heteroatoms. The molecular weight excluding hydrogens is 271 g/mol. The summed E-state index contributed by atoms with van der Waals surface area (Å²) in [7, 11) is 0. The molecule has 3 aromatic rings. The average Bonchev–Trinajstić information content (AvgIpc) is 2.84. The number of nitrogen functional groups attached to an aromatic ring is 1. The second-order valence-electron chi connectivity index (χ2n) is 4.14. The molecule has 0 aliphatic heterocycles. The zero-order valence-electron chi connectivity index (χ0n) is 10.0. The van der Waals surface area contributed by atoms with Crippen molar-refractivity contribution in [1.29, 1.82) is 0 Å². The molecule has 2 N–H and O–H groups in total. The predicted octanol–water partition coefficient (Wildman–Crippen LogP) is 1.87. The van der Waals surface area contributed by atoms with E-state index in [4.69, 9.17) is 5.73 Å². The van der Waals surface area contributed by atoms with Gasteiger partial charge in [-0.3, -0.25) is 0 Å². The Labute approximate surface area is 110 Å². The van der Waals surface area contributed by atoms with Crippen LogP contribution in [0.2, 0.25) is 0 Å². The largest absolute Gasteiger partial charge is 0.382 e. The van der Waals surface area contributed by atoms with Crippen LogP contribution in [-0.2, 0) is 6.54 Å². The van der Waals surface area contributed by atoms with Gasteiger partial charge >= 0.3 is 0 Å². The molecule has 0 aliphatic rings. The van der Waals surface area contributed by atoms with Gasteiger partial charge < -0.3 is 10.3 Å². The fourth-order valence-corrected chi connectivity index (χ4v) is 1.89. The van der Waals surface area contributed by atoms with Gasteiger partial charge in [0.15, 0.2) is 28.9 Å². The van der Waals surface area contributed by atoms with E-state index < -0.39 is 17.5 Å². The molecule has 0 radical (unpaired) electrons. The number of benzene rings is 1. The van der Waals surface area contributed by atoms with Crippen molar-refractivity contribution in [3.8, 4) is 0 Å². The Hall–Kier alpha value is -2.64. The number of fused-ring (bicyclic) bond motifs is 1. The molecule has 0 saturated heterocycles. The second kappa shape index (κ2) is 4.48. The molecule has 0 aliphatic carbocycles. The zero-order chi connectivity index (χ0) is 14.3. The first-order chi connectivity index (χ1) is 9.58. The Bertz CT molecular complexity index is 799. The summed E-state index contributed by atoms with van der Waals surface area (Å²) in [6.45, 7) is -0.0456. The summed E-state index contributed by atoms with van der Waals surface area (Å²) in [5, 5.41) is 0. The third kappa shape index (κ3) is 1.85. The summed E-state index contributed by atoms with van der Waals surface area (Å²) >= 11 is 0. The van der Waals surface area contributed by atoms with Gasteiger partial charge in [0, 0.05) is 5.56 Å². The van der Waals surface area contributed by atoms with Gasteiger partial charge in [0.1, 0.15) is 11.8 Å². The van der Waals surface area contributed by atoms with Gasteiger partial charge in [-0.15, -0.1) is 0 Å². The lowest BCUT2D eigenvalue weighted by atomic mass is 10.2. The van der Waals surface area contributed by atoms with E-state index in [0.29, 0.717) is 11.2 Å². The van der Waals surface area contributed by atoms with Gasteiger partial charge in [0.2, 0.25) is 0 Å². The van der Waals surface area contributed by atoms with Gasteiger partial charge in [0.25, 0.3) is 0 Å². The number of aromatic nitrogens is 4. The number of imidazole rings is 1. The summed E-state index contributed by atoms with van der Waals surface area (Å²) in [5.41, 5.74) is 6.37. The van der Waals surface area contributed by atoms with Crippen LogP contribution in [0.5, 0.6) is 0 Å². The molecule has 0 amide bonds. The SMILES string of the molecule is Nc1ncnc2c1ncn2Cc1ccc(F)c(F)c1F. The van der Waals surface area contributed by atoms with Crippen molar-refractivity contribution in [1.82, 2.24) is 19.5 Å². The number of anilines is 1. The highest BCUT2D eigenvalue weighted by Crippen LogP contribution is 2.19. The van der Waals surface area contributed by atoms with Crippen molar-refractivity contribution in [3.63, 3.8) is 0 Å². The average molecular weight is 279 g/mol. The molecule has 102 valence electrons. The van der Waals surface area contributed by atoms with Crippen LogP contribution in [0.25, 0.3) is 11.2 Å². The van der Waals surface area contributed by atoms with Gasteiger partial charge in [-0.2, -0.15) is 0 Å². The molecule has 2 aromatic heterocycles. The highest BCUT2D eigenvalue weighted by atomic mass is 19.2. The van der Waals surface area contributed by atoms with Crippen LogP contribution in [0.15, 0.2) is 24.8 Å². The first-order valence-electron chi connectivity index (χ1n) is 5.61.